The average molecular weight is 288 g/mol. The van der Waals surface area contributed by atoms with Gasteiger partial charge in [0.1, 0.15) is 5.75 Å². The van der Waals surface area contributed by atoms with Gasteiger partial charge in [-0.1, -0.05) is 47.6 Å². The molecule has 0 amide bonds. The summed E-state index contributed by atoms with van der Waals surface area (Å²) in [5.74, 6) is 0.350. The summed E-state index contributed by atoms with van der Waals surface area (Å²) in [6.45, 7) is 13.4. The van der Waals surface area contributed by atoms with Crippen molar-refractivity contribution < 1.29 is 5.11 Å². The topological polar surface area (TPSA) is 20.2 Å². The van der Waals surface area contributed by atoms with Crippen LogP contribution in [0, 0.1) is 0 Å². The molecule has 0 bridgehead atoms. The van der Waals surface area contributed by atoms with Crippen LogP contribution in [0.2, 0.25) is 0 Å². The number of thiophene rings is 1. The molecule has 1 N–H and O–H groups in total. The number of benzene rings is 1. The van der Waals surface area contributed by atoms with Gasteiger partial charge in [-0.3, -0.25) is 0 Å². The fourth-order valence-electron chi connectivity index (χ4n) is 2.11. The molecule has 0 unspecified atom stereocenters. The average Bonchev–Trinajstić information content (AvgIpc) is 2.73. The quantitative estimate of drug-likeness (QED) is 0.712. The maximum atomic E-state index is 9.58. The zero-order valence-electron chi connectivity index (χ0n) is 13.2. The summed E-state index contributed by atoms with van der Waals surface area (Å²) < 4.78 is 0. The van der Waals surface area contributed by atoms with E-state index in [1.54, 1.807) is 16.7 Å². The standard InChI is InChI=1S/C18H24OS/c1-17(2,3)13-7-12(16-10-15(19)11-20-16)8-14(9-13)18(4,5)6/h7-11,19H,1-6H3. The molecule has 0 atom stereocenters. The van der Waals surface area contributed by atoms with Gasteiger partial charge in [0.2, 0.25) is 0 Å². The van der Waals surface area contributed by atoms with Crippen molar-refractivity contribution in [3.63, 3.8) is 0 Å². The van der Waals surface area contributed by atoms with Gasteiger partial charge in [0.05, 0.1) is 0 Å². The largest absolute Gasteiger partial charge is 0.507 e. The van der Waals surface area contributed by atoms with E-state index < -0.39 is 0 Å². The molecule has 0 spiro atoms. The Hall–Kier alpha value is -1.28. The van der Waals surface area contributed by atoms with E-state index in [9.17, 15) is 5.11 Å². The Bertz CT molecular complexity index is 577. The number of hydrogen-bond donors (Lipinski definition) is 1. The number of aromatic hydroxyl groups is 1. The molecule has 1 aromatic heterocycles. The second-order valence-corrected chi connectivity index (χ2v) is 8.38. The molecule has 1 nitrogen and oxygen atoms in total. The predicted octanol–water partition coefficient (Wildman–Crippen LogP) is 5.72. The van der Waals surface area contributed by atoms with Crippen LogP contribution in [0.3, 0.4) is 0 Å². The van der Waals surface area contributed by atoms with Gasteiger partial charge in [-0.05, 0) is 45.7 Å². The molecule has 1 heterocycles. The Labute approximate surface area is 126 Å². The lowest BCUT2D eigenvalue weighted by molar-refractivity contribution is 0.478. The predicted molar refractivity (Wildman–Crippen MR) is 88.8 cm³/mol. The molecule has 2 rings (SSSR count). The van der Waals surface area contributed by atoms with Crippen molar-refractivity contribution >= 4 is 11.3 Å². The van der Waals surface area contributed by atoms with Gasteiger partial charge >= 0.3 is 0 Å². The molecule has 0 aliphatic heterocycles. The Kier molecular flexibility index (Phi) is 3.72. The Morgan fingerprint density at radius 2 is 1.30 bits per heavy atom. The molecular weight excluding hydrogens is 264 g/mol. The van der Waals surface area contributed by atoms with E-state index in [1.165, 1.54) is 16.7 Å². The second-order valence-electron chi connectivity index (χ2n) is 7.47. The lowest BCUT2D eigenvalue weighted by atomic mass is 9.79. The first-order chi connectivity index (χ1) is 9.07. The molecule has 2 heteroatoms. The number of rotatable bonds is 1. The van der Waals surface area contributed by atoms with E-state index in [2.05, 4.69) is 59.7 Å². The minimum atomic E-state index is 0.120. The van der Waals surface area contributed by atoms with Crippen molar-refractivity contribution in [1.29, 1.82) is 0 Å². The van der Waals surface area contributed by atoms with Crippen LogP contribution in [0.1, 0.15) is 52.7 Å². The van der Waals surface area contributed by atoms with Crippen LogP contribution in [0.5, 0.6) is 5.75 Å². The van der Waals surface area contributed by atoms with Crippen molar-refractivity contribution in [3.05, 3.63) is 40.8 Å². The molecule has 0 saturated heterocycles. The lowest BCUT2D eigenvalue weighted by Crippen LogP contribution is -2.16. The van der Waals surface area contributed by atoms with Gasteiger partial charge in [-0.15, -0.1) is 11.3 Å². The highest BCUT2D eigenvalue weighted by Gasteiger charge is 2.21. The monoisotopic (exact) mass is 288 g/mol. The molecule has 108 valence electrons. The molecule has 0 aliphatic rings. The summed E-state index contributed by atoms with van der Waals surface area (Å²) >= 11 is 1.59. The Morgan fingerprint density at radius 1 is 0.800 bits per heavy atom. The van der Waals surface area contributed by atoms with Crippen molar-refractivity contribution in [2.24, 2.45) is 0 Å². The third kappa shape index (κ3) is 3.24. The van der Waals surface area contributed by atoms with Crippen molar-refractivity contribution in [2.75, 3.05) is 0 Å². The van der Waals surface area contributed by atoms with E-state index in [4.69, 9.17) is 0 Å². The van der Waals surface area contributed by atoms with Crippen molar-refractivity contribution in [1.82, 2.24) is 0 Å². The lowest BCUT2D eigenvalue weighted by Gasteiger charge is -2.26. The third-order valence-corrected chi connectivity index (χ3v) is 4.50. The minimum Gasteiger partial charge on any atom is -0.507 e. The fourth-order valence-corrected chi connectivity index (χ4v) is 2.87. The summed E-state index contributed by atoms with van der Waals surface area (Å²) in [5.41, 5.74) is 4.12. The van der Waals surface area contributed by atoms with E-state index in [-0.39, 0.29) is 10.8 Å². The number of hydrogen-bond acceptors (Lipinski definition) is 2. The first kappa shape index (κ1) is 15.1. The summed E-state index contributed by atoms with van der Waals surface area (Å²) in [4.78, 5) is 1.12. The molecule has 0 radical (unpaired) electrons. The van der Waals surface area contributed by atoms with Gasteiger partial charge in [0.15, 0.2) is 0 Å². The van der Waals surface area contributed by atoms with Gasteiger partial charge in [0.25, 0.3) is 0 Å². The summed E-state index contributed by atoms with van der Waals surface area (Å²) in [5, 5.41) is 11.4. The SMILES string of the molecule is CC(C)(C)c1cc(-c2cc(O)cs2)cc(C(C)(C)C)c1. The molecule has 20 heavy (non-hydrogen) atoms. The van der Waals surface area contributed by atoms with Crippen LogP contribution in [0.15, 0.2) is 29.6 Å². The normalized spacial score (nSPS) is 12.7. The van der Waals surface area contributed by atoms with Crippen molar-refractivity contribution in [2.45, 2.75) is 52.4 Å². The van der Waals surface area contributed by atoms with Gasteiger partial charge < -0.3 is 5.11 Å². The highest BCUT2D eigenvalue weighted by Crippen LogP contribution is 2.37. The molecule has 0 saturated carbocycles. The fraction of sp³-hybridized carbons (Fsp3) is 0.444. The van der Waals surface area contributed by atoms with Crippen LogP contribution in [-0.4, -0.2) is 5.11 Å². The first-order valence-corrected chi connectivity index (χ1v) is 7.89. The van der Waals surface area contributed by atoms with Gasteiger partial charge in [-0.2, -0.15) is 0 Å². The van der Waals surface area contributed by atoms with E-state index in [0.717, 1.165) is 4.88 Å². The molecule has 0 aliphatic carbocycles. The highest BCUT2D eigenvalue weighted by molar-refractivity contribution is 7.13. The van der Waals surface area contributed by atoms with Crippen LogP contribution < -0.4 is 0 Å². The van der Waals surface area contributed by atoms with E-state index in [1.807, 2.05) is 6.07 Å². The van der Waals surface area contributed by atoms with Crippen molar-refractivity contribution in [3.8, 4) is 16.2 Å². The smallest absolute Gasteiger partial charge is 0.126 e. The van der Waals surface area contributed by atoms with Crippen LogP contribution in [-0.2, 0) is 10.8 Å². The Balaban J connectivity index is 2.63. The first-order valence-electron chi connectivity index (χ1n) is 7.01. The zero-order chi connectivity index (χ0) is 15.1. The van der Waals surface area contributed by atoms with Crippen LogP contribution in [0.25, 0.3) is 10.4 Å². The van der Waals surface area contributed by atoms with E-state index in [0.29, 0.717) is 5.75 Å². The maximum Gasteiger partial charge on any atom is 0.126 e. The molecule has 0 fully saturated rings. The van der Waals surface area contributed by atoms with Crippen LogP contribution in [0.4, 0.5) is 0 Å². The molecular formula is C18H24OS. The Morgan fingerprint density at radius 3 is 1.65 bits per heavy atom. The second kappa shape index (κ2) is 4.92. The van der Waals surface area contributed by atoms with E-state index >= 15 is 0 Å². The third-order valence-electron chi connectivity index (χ3n) is 3.54. The summed E-state index contributed by atoms with van der Waals surface area (Å²) in [7, 11) is 0. The summed E-state index contributed by atoms with van der Waals surface area (Å²) in [6, 6.07) is 8.66. The van der Waals surface area contributed by atoms with Gasteiger partial charge in [0, 0.05) is 10.3 Å². The zero-order valence-corrected chi connectivity index (χ0v) is 14.1. The molecule has 1 aromatic carbocycles. The highest BCUT2D eigenvalue weighted by atomic mass is 32.1. The maximum absolute atomic E-state index is 9.58. The molecule has 2 aromatic rings. The van der Waals surface area contributed by atoms with Crippen LogP contribution >= 0.6 is 11.3 Å². The summed E-state index contributed by atoms with van der Waals surface area (Å²) in [6.07, 6.45) is 0. The minimum absolute atomic E-state index is 0.120. The van der Waals surface area contributed by atoms with Gasteiger partial charge in [-0.25, -0.2) is 0 Å².